The minimum absolute atomic E-state index is 0.190. The van der Waals surface area contributed by atoms with Gasteiger partial charge in [0.1, 0.15) is 11.5 Å². The minimum atomic E-state index is -0.455. The first-order valence-electron chi connectivity index (χ1n) is 6.54. The molecule has 22 heavy (non-hydrogen) atoms. The van der Waals surface area contributed by atoms with Crippen molar-refractivity contribution in [2.24, 2.45) is 0 Å². The van der Waals surface area contributed by atoms with Gasteiger partial charge in [0.2, 0.25) is 0 Å². The van der Waals surface area contributed by atoms with Crippen LogP contribution in [0, 0.1) is 0 Å². The summed E-state index contributed by atoms with van der Waals surface area (Å²) in [5, 5.41) is 1.19. The summed E-state index contributed by atoms with van der Waals surface area (Å²) in [6.07, 6.45) is 5.35. The highest BCUT2D eigenvalue weighted by Crippen LogP contribution is 2.24. The van der Waals surface area contributed by atoms with E-state index in [2.05, 4.69) is 9.97 Å². The SMILES string of the molecule is Nc1nc(=O)n(-c2ccn3ccnc3c2)c2cc(Cl)ccc12. The maximum atomic E-state index is 12.3. The number of nitrogen functional groups attached to an aromatic ring is 1. The zero-order valence-corrected chi connectivity index (χ0v) is 12.0. The van der Waals surface area contributed by atoms with Crippen LogP contribution in [0.2, 0.25) is 5.02 Å². The molecule has 0 spiro atoms. The molecule has 0 saturated carbocycles. The number of rotatable bonds is 1. The van der Waals surface area contributed by atoms with E-state index in [4.69, 9.17) is 17.3 Å². The van der Waals surface area contributed by atoms with E-state index in [0.717, 1.165) is 5.65 Å². The monoisotopic (exact) mass is 311 g/mol. The van der Waals surface area contributed by atoms with Crippen molar-refractivity contribution < 1.29 is 0 Å². The summed E-state index contributed by atoms with van der Waals surface area (Å²) in [5.41, 5.74) is 7.39. The molecule has 3 aromatic heterocycles. The Balaban J connectivity index is 2.13. The maximum Gasteiger partial charge on any atom is 0.354 e. The fourth-order valence-corrected chi connectivity index (χ4v) is 2.68. The summed E-state index contributed by atoms with van der Waals surface area (Å²) in [5.74, 6) is 0.190. The molecule has 0 fully saturated rings. The van der Waals surface area contributed by atoms with Gasteiger partial charge in [0.15, 0.2) is 0 Å². The number of hydrogen-bond acceptors (Lipinski definition) is 4. The predicted octanol–water partition coefficient (Wildman–Crippen LogP) is 2.27. The zero-order chi connectivity index (χ0) is 15.3. The number of aromatic nitrogens is 4. The van der Waals surface area contributed by atoms with Crippen molar-refractivity contribution in [2.45, 2.75) is 0 Å². The van der Waals surface area contributed by atoms with E-state index in [1.807, 2.05) is 22.9 Å². The van der Waals surface area contributed by atoms with Crippen molar-refractivity contribution in [1.82, 2.24) is 18.9 Å². The van der Waals surface area contributed by atoms with Gasteiger partial charge < -0.3 is 10.1 Å². The second-order valence-corrected chi connectivity index (χ2v) is 5.29. The van der Waals surface area contributed by atoms with Crippen LogP contribution in [0.25, 0.3) is 22.2 Å². The van der Waals surface area contributed by atoms with Gasteiger partial charge in [-0.25, -0.2) is 9.78 Å². The number of halogens is 1. The molecule has 0 radical (unpaired) electrons. The molecular formula is C15H10ClN5O. The van der Waals surface area contributed by atoms with Gasteiger partial charge in [-0.05, 0) is 24.3 Å². The van der Waals surface area contributed by atoms with Crippen molar-refractivity contribution in [2.75, 3.05) is 5.73 Å². The predicted molar refractivity (Wildman–Crippen MR) is 85.5 cm³/mol. The summed E-state index contributed by atoms with van der Waals surface area (Å²) < 4.78 is 3.33. The van der Waals surface area contributed by atoms with Crippen molar-refractivity contribution in [1.29, 1.82) is 0 Å². The number of nitrogens with two attached hydrogens (primary N) is 1. The smallest absolute Gasteiger partial charge is 0.354 e. The van der Waals surface area contributed by atoms with Crippen LogP contribution in [0.15, 0.2) is 53.7 Å². The summed E-state index contributed by atoms with van der Waals surface area (Å²) in [4.78, 5) is 20.5. The molecule has 1 aromatic carbocycles. The lowest BCUT2D eigenvalue weighted by Gasteiger charge is -2.11. The molecule has 0 amide bonds. The molecule has 108 valence electrons. The van der Waals surface area contributed by atoms with Gasteiger partial charge in [-0.1, -0.05) is 11.6 Å². The molecule has 0 atom stereocenters. The molecular weight excluding hydrogens is 302 g/mol. The molecule has 0 bridgehead atoms. The van der Waals surface area contributed by atoms with Gasteiger partial charge in [-0.3, -0.25) is 4.57 Å². The lowest BCUT2D eigenvalue weighted by Crippen LogP contribution is -2.23. The summed E-state index contributed by atoms with van der Waals surface area (Å²) >= 11 is 6.07. The number of nitrogens with zero attached hydrogens (tertiary/aromatic N) is 4. The third-order valence-electron chi connectivity index (χ3n) is 3.52. The van der Waals surface area contributed by atoms with Crippen LogP contribution in [0.3, 0.4) is 0 Å². The number of hydrogen-bond donors (Lipinski definition) is 1. The molecule has 7 heteroatoms. The number of benzene rings is 1. The lowest BCUT2D eigenvalue weighted by atomic mass is 10.2. The van der Waals surface area contributed by atoms with Crippen LogP contribution in [-0.2, 0) is 0 Å². The fourth-order valence-electron chi connectivity index (χ4n) is 2.51. The van der Waals surface area contributed by atoms with Crippen LogP contribution < -0.4 is 11.4 Å². The number of anilines is 1. The summed E-state index contributed by atoms with van der Waals surface area (Å²) in [6.45, 7) is 0. The Morgan fingerprint density at radius 3 is 2.86 bits per heavy atom. The maximum absolute atomic E-state index is 12.3. The summed E-state index contributed by atoms with van der Waals surface area (Å²) in [6, 6.07) is 8.79. The minimum Gasteiger partial charge on any atom is -0.383 e. The Labute approximate surface area is 129 Å². The normalized spacial score (nSPS) is 11.3. The van der Waals surface area contributed by atoms with Crippen molar-refractivity contribution in [3.8, 4) is 5.69 Å². The quantitative estimate of drug-likeness (QED) is 0.585. The van der Waals surface area contributed by atoms with E-state index >= 15 is 0 Å². The van der Waals surface area contributed by atoms with E-state index in [1.165, 1.54) is 4.57 Å². The Morgan fingerprint density at radius 1 is 1.14 bits per heavy atom. The van der Waals surface area contributed by atoms with Gasteiger partial charge in [0.25, 0.3) is 0 Å². The van der Waals surface area contributed by atoms with Gasteiger partial charge in [-0.2, -0.15) is 4.98 Å². The van der Waals surface area contributed by atoms with Crippen LogP contribution in [0.5, 0.6) is 0 Å². The van der Waals surface area contributed by atoms with Crippen LogP contribution in [0.4, 0.5) is 5.82 Å². The molecule has 0 aliphatic heterocycles. The Hall–Kier alpha value is -2.86. The van der Waals surface area contributed by atoms with Crippen molar-refractivity contribution in [3.05, 3.63) is 64.4 Å². The highest BCUT2D eigenvalue weighted by atomic mass is 35.5. The average Bonchev–Trinajstić information content (AvgIpc) is 2.94. The van der Waals surface area contributed by atoms with E-state index in [1.54, 1.807) is 30.5 Å². The molecule has 3 heterocycles. The van der Waals surface area contributed by atoms with E-state index in [0.29, 0.717) is 21.6 Å². The van der Waals surface area contributed by atoms with Gasteiger partial charge in [0.05, 0.1) is 11.2 Å². The number of fused-ring (bicyclic) bond motifs is 2. The average molecular weight is 312 g/mol. The number of imidazole rings is 1. The van der Waals surface area contributed by atoms with E-state index in [-0.39, 0.29) is 5.82 Å². The fraction of sp³-hybridized carbons (Fsp3) is 0. The Kier molecular flexibility index (Phi) is 2.67. The highest BCUT2D eigenvalue weighted by Gasteiger charge is 2.11. The van der Waals surface area contributed by atoms with Crippen molar-refractivity contribution >= 4 is 34.0 Å². The van der Waals surface area contributed by atoms with Crippen LogP contribution in [-0.4, -0.2) is 18.9 Å². The van der Waals surface area contributed by atoms with Crippen LogP contribution >= 0.6 is 11.6 Å². The molecule has 2 N–H and O–H groups in total. The molecule has 0 saturated heterocycles. The Morgan fingerprint density at radius 2 is 2.00 bits per heavy atom. The first-order chi connectivity index (χ1) is 10.6. The second-order valence-electron chi connectivity index (χ2n) is 4.85. The van der Waals surface area contributed by atoms with Crippen molar-refractivity contribution in [3.63, 3.8) is 0 Å². The molecule has 6 nitrogen and oxygen atoms in total. The zero-order valence-electron chi connectivity index (χ0n) is 11.3. The molecule has 4 rings (SSSR count). The van der Waals surface area contributed by atoms with Gasteiger partial charge in [-0.15, -0.1) is 0 Å². The standard InChI is InChI=1S/C15H10ClN5O/c16-9-1-2-11-12(7-9)21(15(22)19-14(11)17)10-3-5-20-6-4-18-13(20)8-10/h1-8H,(H2,17,19,22). The highest BCUT2D eigenvalue weighted by molar-refractivity contribution is 6.31. The third kappa shape index (κ3) is 1.85. The van der Waals surface area contributed by atoms with E-state index in [9.17, 15) is 4.79 Å². The first kappa shape index (κ1) is 12.8. The second kappa shape index (κ2) is 4.57. The molecule has 4 aromatic rings. The first-order valence-corrected chi connectivity index (χ1v) is 6.92. The molecule has 0 aliphatic rings. The summed E-state index contributed by atoms with van der Waals surface area (Å²) in [7, 11) is 0. The van der Waals surface area contributed by atoms with E-state index < -0.39 is 5.69 Å². The number of pyridine rings is 1. The lowest BCUT2D eigenvalue weighted by molar-refractivity contribution is 0.959. The molecule has 0 unspecified atom stereocenters. The topological polar surface area (TPSA) is 78.2 Å². The molecule has 0 aliphatic carbocycles. The van der Waals surface area contributed by atoms with Gasteiger partial charge in [0, 0.05) is 35.1 Å². The largest absolute Gasteiger partial charge is 0.383 e. The third-order valence-corrected chi connectivity index (χ3v) is 3.76. The Bertz CT molecular complexity index is 1080. The van der Waals surface area contributed by atoms with Gasteiger partial charge >= 0.3 is 5.69 Å². The van der Waals surface area contributed by atoms with Crippen LogP contribution in [0.1, 0.15) is 0 Å².